The molecule has 0 saturated carbocycles. The minimum Gasteiger partial charge on any atom is -0.497 e. The number of para-hydroxylation sites is 1. The lowest BCUT2D eigenvalue weighted by atomic mass is 10.1. The van der Waals surface area contributed by atoms with Crippen molar-refractivity contribution < 1.29 is 17.9 Å². The van der Waals surface area contributed by atoms with Crippen LogP contribution in [0.3, 0.4) is 0 Å². The summed E-state index contributed by atoms with van der Waals surface area (Å²) in [7, 11) is -2.56. The standard InChI is InChI=1S/C34H31BrN4O4S/c1-24-20-27(25(2)39(24)29-13-9-12-28(35)21-29)22-36-37-34(40)32-14-7-8-15-33(32)38(23-26-10-5-4-6-11-26)44(41,42)31-18-16-30(43-3)17-19-31/h4-22H,23H2,1-3H3,(H,37,40)/b36-22+. The molecule has 0 saturated heterocycles. The van der Waals surface area contributed by atoms with Gasteiger partial charge in [-0.1, -0.05) is 64.5 Å². The van der Waals surface area contributed by atoms with Crippen LogP contribution in [-0.4, -0.2) is 32.2 Å². The van der Waals surface area contributed by atoms with Crippen molar-refractivity contribution in [3.63, 3.8) is 0 Å². The number of sulfonamides is 1. The van der Waals surface area contributed by atoms with E-state index in [0.717, 1.165) is 32.7 Å². The molecule has 4 aromatic carbocycles. The van der Waals surface area contributed by atoms with Crippen LogP contribution in [0.5, 0.6) is 5.75 Å². The summed E-state index contributed by atoms with van der Waals surface area (Å²) >= 11 is 3.53. The number of hydrogen-bond donors (Lipinski definition) is 1. The van der Waals surface area contributed by atoms with Crippen molar-refractivity contribution in [1.82, 2.24) is 9.99 Å². The summed E-state index contributed by atoms with van der Waals surface area (Å²) in [6.45, 7) is 4.01. The van der Waals surface area contributed by atoms with Gasteiger partial charge in [0.25, 0.3) is 15.9 Å². The highest BCUT2D eigenvalue weighted by Gasteiger charge is 2.28. The third-order valence-electron chi connectivity index (χ3n) is 7.14. The maximum atomic E-state index is 14.0. The van der Waals surface area contributed by atoms with E-state index in [-0.39, 0.29) is 22.7 Å². The van der Waals surface area contributed by atoms with Crippen molar-refractivity contribution in [2.75, 3.05) is 11.4 Å². The molecular formula is C34H31BrN4O4S. The van der Waals surface area contributed by atoms with Crippen molar-refractivity contribution >= 4 is 43.8 Å². The Kier molecular flexibility index (Phi) is 9.32. The molecule has 0 atom stereocenters. The minimum absolute atomic E-state index is 0.0182. The Morgan fingerprint density at radius 2 is 1.64 bits per heavy atom. The van der Waals surface area contributed by atoms with E-state index >= 15 is 0 Å². The predicted octanol–water partition coefficient (Wildman–Crippen LogP) is 7.02. The normalized spacial score (nSPS) is 11.5. The first-order chi connectivity index (χ1) is 21.2. The third-order valence-corrected chi connectivity index (χ3v) is 9.41. The highest BCUT2D eigenvalue weighted by atomic mass is 79.9. The highest BCUT2D eigenvalue weighted by molar-refractivity contribution is 9.10. The first-order valence-electron chi connectivity index (χ1n) is 13.8. The molecule has 5 rings (SSSR count). The van der Waals surface area contributed by atoms with Crippen LogP contribution >= 0.6 is 15.9 Å². The van der Waals surface area contributed by atoms with Crippen LogP contribution in [0.2, 0.25) is 0 Å². The number of benzene rings is 4. The number of amides is 1. The van der Waals surface area contributed by atoms with E-state index in [9.17, 15) is 13.2 Å². The number of halogens is 1. The molecule has 1 aromatic heterocycles. The van der Waals surface area contributed by atoms with Crippen molar-refractivity contribution in [2.24, 2.45) is 5.10 Å². The maximum absolute atomic E-state index is 14.0. The molecule has 0 aliphatic rings. The Labute approximate surface area is 265 Å². The highest BCUT2D eigenvalue weighted by Crippen LogP contribution is 2.30. The Morgan fingerprint density at radius 3 is 2.34 bits per heavy atom. The number of carbonyl (C=O) groups excluding carboxylic acids is 1. The van der Waals surface area contributed by atoms with E-state index in [0.29, 0.717) is 5.75 Å². The van der Waals surface area contributed by atoms with Crippen LogP contribution in [0.4, 0.5) is 5.69 Å². The van der Waals surface area contributed by atoms with Gasteiger partial charge in [-0.05, 0) is 80.1 Å². The van der Waals surface area contributed by atoms with Crippen LogP contribution in [0.25, 0.3) is 5.69 Å². The van der Waals surface area contributed by atoms with Crippen molar-refractivity contribution in [2.45, 2.75) is 25.3 Å². The number of ether oxygens (including phenoxy) is 1. The van der Waals surface area contributed by atoms with Gasteiger partial charge in [0.15, 0.2) is 0 Å². The SMILES string of the molecule is COc1ccc(S(=O)(=O)N(Cc2ccccc2)c2ccccc2C(=O)N/N=C/c2cc(C)n(-c3cccc(Br)c3)c2C)cc1. The van der Waals surface area contributed by atoms with Gasteiger partial charge in [0.05, 0.1) is 36.0 Å². The Balaban J connectivity index is 1.45. The van der Waals surface area contributed by atoms with Gasteiger partial charge in [0.2, 0.25) is 0 Å². The quantitative estimate of drug-likeness (QED) is 0.128. The number of anilines is 1. The van der Waals surface area contributed by atoms with Gasteiger partial charge in [-0.15, -0.1) is 0 Å². The molecule has 10 heteroatoms. The lowest BCUT2D eigenvalue weighted by molar-refractivity contribution is 0.0955. The second kappa shape index (κ2) is 13.3. The van der Waals surface area contributed by atoms with Gasteiger partial charge < -0.3 is 9.30 Å². The van der Waals surface area contributed by atoms with Gasteiger partial charge in [-0.3, -0.25) is 9.10 Å². The first kappa shape index (κ1) is 30.8. The zero-order valence-corrected chi connectivity index (χ0v) is 26.8. The number of rotatable bonds is 10. The molecule has 1 heterocycles. The molecule has 0 bridgehead atoms. The molecule has 0 unspecified atom stereocenters. The smallest absolute Gasteiger partial charge is 0.273 e. The molecule has 0 aliphatic carbocycles. The minimum atomic E-state index is -4.08. The van der Waals surface area contributed by atoms with E-state index in [1.807, 2.05) is 74.5 Å². The zero-order valence-electron chi connectivity index (χ0n) is 24.4. The van der Waals surface area contributed by atoms with Gasteiger partial charge in [-0.25, -0.2) is 13.8 Å². The molecule has 1 N–H and O–H groups in total. The molecular weight excluding hydrogens is 640 g/mol. The van der Waals surface area contributed by atoms with Crippen LogP contribution < -0.4 is 14.5 Å². The summed E-state index contributed by atoms with van der Waals surface area (Å²) in [5.41, 5.74) is 7.56. The fourth-order valence-corrected chi connectivity index (χ4v) is 6.82. The Hall–Kier alpha value is -4.67. The summed E-state index contributed by atoms with van der Waals surface area (Å²) in [6.07, 6.45) is 1.59. The average molecular weight is 672 g/mol. The topological polar surface area (TPSA) is 93.0 Å². The fourth-order valence-electron chi connectivity index (χ4n) is 4.96. The third kappa shape index (κ3) is 6.61. The molecule has 0 radical (unpaired) electrons. The second-order valence-corrected chi connectivity index (χ2v) is 12.8. The summed E-state index contributed by atoms with van der Waals surface area (Å²) in [4.78, 5) is 13.6. The largest absolute Gasteiger partial charge is 0.497 e. The van der Waals surface area contributed by atoms with Gasteiger partial charge in [0, 0.05) is 27.1 Å². The number of methoxy groups -OCH3 is 1. The second-order valence-electron chi connectivity index (χ2n) is 10.0. The van der Waals surface area contributed by atoms with E-state index < -0.39 is 15.9 Å². The summed E-state index contributed by atoms with van der Waals surface area (Å²) < 4.78 is 37.6. The molecule has 0 fully saturated rings. The van der Waals surface area contributed by atoms with E-state index in [1.165, 1.54) is 23.5 Å². The predicted molar refractivity (Wildman–Crippen MR) is 177 cm³/mol. The van der Waals surface area contributed by atoms with Gasteiger partial charge in [-0.2, -0.15) is 5.10 Å². The van der Waals surface area contributed by atoms with Gasteiger partial charge in [0.1, 0.15) is 5.75 Å². The Morgan fingerprint density at radius 1 is 0.932 bits per heavy atom. The van der Waals surface area contributed by atoms with Crippen molar-refractivity contribution in [1.29, 1.82) is 0 Å². The van der Waals surface area contributed by atoms with Crippen molar-refractivity contribution in [3.05, 3.63) is 142 Å². The van der Waals surface area contributed by atoms with Crippen LogP contribution in [-0.2, 0) is 16.6 Å². The number of hydrogen-bond acceptors (Lipinski definition) is 5. The summed E-state index contributed by atoms with van der Waals surface area (Å²) in [5.74, 6) is -0.00532. The van der Waals surface area contributed by atoms with Crippen LogP contribution in [0, 0.1) is 13.8 Å². The molecule has 224 valence electrons. The lowest BCUT2D eigenvalue weighted by Gasteiger charge is -2.26. The van der Waals surface area contributed by atoms with Crippen LogP contribution in [0.15, 0.2) is 124 Å². The fraction of sp³-hybridized carbons (Fsp3) is 0.118. The van der Waals surface area contributed by atoms with Crippen LogP contribution in [0.1, 0.15) is 32.9 Å². The maximum Gasteiger partial charge on any atom is 0.273 e. The number of hydrazone groups is 1. The average Bonchev–Trinajstić information content (AvgIpc) is 3.32. The molecule has 1 amide bonds. The number of carbonyl (C=O) groups is 1. The monoisotopic (exact) mass is 670 g/mol. The summed E-state index contributed by atoms with van der Waals surface area (Å²) in [5, 5.41) is 4.24. The van der Waals surface area contributed by atoms with Gasteiger partial charge >= 0.3 is 0 Å². The van der Waals surface area contributed by atoms with E-state index in [4.69, 9.17) is 4.74 Å². The number of aryl methyl sites for hydroxylation is 1. The number of nitrogens with zero attached hydrogens (tertiary/aromatic N) is 3. The Bertz CT molecular complexity index is 1920. The molecule has 0 spiro atoms. The molecule has 0 aliphatic heterocycles. The molecule has 5 aromatic rings. The van der Waals surface area contributed by atoms with Crippen molar-refractivity contribution in [3.8, 4) is 11.4 Å². The number of nitrogens with one attached hydrogen (secondary N) is 1. The van der Waals surface area contributed by atoms with E-state index in [1.54, 1.807) is 42.6 Å². The zero-order chi connectivity index (χ0) is 31.3. The summed E-state index contributed by atoms with van der Waals surface area (Å²) in [6, 6.07) is 32.0. The molecule has 44 heavy (non-hydrogen) atoms. The van der Waals surface area contributed by atoms with E-state index in [2.05, 4.69) is 31.0 Å². The number of aromatic nitrogens is 1. The molecule has 8 nitrogen and oxygen atoms in total. The lowest BCUT2D eigenvalue weighted by Crippen LogP contribution is -2.33. The first-order valence-corrected chi connectivity index (χ1v) is 16.0.